The van der Waals surface area contributed by atoms with Crippen molar-refractivity contribution in [3.63, 3.8) is 0 Å². The van der Waals surface area contributed by atoms with Crippen molar-refractivity contribution in [2.24, 2.45) is 0 Å². The third-order valence-electron chi connectivity index (χ3n) is 6.98. The summed E-state index contributed by atoms with van der Waals surface area (Å²) in [5, 5.41) is 4.86. The lowest BCUT2D eigenvalue weighted by Gasteiger charge is -2.29. The normalized spacial score (nSPS) is 21.4. The van der Waals surface area contributed by atoms with Crippen LogP contribution < -0.4 is 10.6 Å². The fraction of sp³-hybridized carbons (Fsp3) is 0.214. The SMILES string of the molecule is [C-]#[N+][C@@H]1C[C@@]2(CN1C(=O)C(F)(Cc1ccccc1)C(=O)Nc1cc(F)cc(F)c1)C(=O)Nc1ccccc12. The highest BCUT2D eigenvalue weighted by Gasteiger charge is 2.62. The number of rotatable bonds is 5. The third-order valence-corrected chi connectivity index (χ3v) is 6.98. The molecule has 0 bridgehead atoms. The van der Waals surface area contributed by atoms with E-state index in [-0.39, 0.29) is 18.7 Å². The molecule has 5 rings (SSSR count). The van der Waals surface area contributed by atoms with E-state index in [9.17, 15) is 23.2 Å². The molecule has 2 aliphatic rings. The summed E-state index contributed by atoms with van der Waals surface area (Å²) < 4.78 is 44.2. The van der Waals surface area contributed by atoms with E-state index < -0.39 is 53.0 Å². The number of amides is 3. The van der Waals surface area contributed by atoms with Gasteiger partial charge in [-0.05, 0) is 29.3 Å². The summed E-state index contributed by atoms with van der Waals surface area (Å²) >= 11 is 0. The highest BCUT2D eigenvalue weighted by atomic mass is 19.1. The zero-order valence-electron chi connectivity index (χ0n) is 19.9. The van der Waals surface area contributed by atoms with Crippen molar-refractivity contribution in [2.75, 3.05) is 17.2 Å². The minimum Gasteiger partial charge on any atom is -0.325 e. The number of alkyl halides is 1. The van der Waals surface area contributed by atoms with E-state index in [4.69, 9.17) is 6.57 Å². The molecule has 2 heterocycles. The van der Waals surface area contributed by atoms with Gasteiger partial charge in [-0.25, -0.2) is 19.7 Å². The summed E-state index contributed by atoms with van der Waals surface area (Å²) in [6.07, 6.45) is -2.00. The average Bonchev–Trinajstić information content (AvgIpc) is 3.41. The number of halogens is 3. The molecule has 7 nitrogen and oxygen atoms in total. The number of carbonyl (C=O) groups excluding carboxylic acids is 3. The van der Waals surface area contributed by atoms with Crippen molar-refractivity contribution in [1.82, 2.24) is 4.90 Å². The van der Waals surface area contributed by atoms with E-state index in [0.29, 0.717) is 22.9 Å². The molecule has 0 aliphatic carbocycles. The molecule has 2 N–H and O–H groups in total. The zero-order valence-corrected chi connectivity index (χ0v) is 19.9. The number of fused-ring (bicyclic) bond motifs is 2. The molecule has 1 spiro atoms. The van der Waals surface area contributed by atoms with Crippen LogP contribution in [-0.2, 0) is 26.2 Å². The van der Waals surface area contributed by atoms with Gasteiger partial charge < -0.3 is 10.6 Å². The first-order chi connectivity index (χ1) is 18.2. The minimum absolute atomic E-state index is 0.0801. The van der Waals surface area contributed by atoms with Gasteiger partial charge in [0.15, 0.2) is 0 Å². The summed E-state index contributed by atoms with van der Waals surface area (Å²) in [6, 6.07) is 17.0. The van der Waals surface area contributed by atoms with Gasteiger partial charge in [0, 0.05) is 30.4 Å². The zero-order chi connectivity index (χ0) is 27.1. The van der Waals surface area contributed by atoms with Crippen LogP contribution in [0, 0.1) is 18.2 Å². The van der Waals surface area contributed by atoms with E-state index in [2.05, 4.69) is 15.5 Å². The Balaban J connectivity index is 1.52. The summed E-state index contributed by atoms with van der Waals surface area (Å²) in [5.41, 5.74) is -3.48. The van der Waals surface area contributed by atoms with Gasteiger partial charge in [-0.3, -0.25) is 24.1 Å². The second-order valence-electron chi connectivity index (χ2n) is 9.40. The molecule has 3 aromatic rings. The first kappa shape index (κ1) is 25.0. The number of nitrogens with one attached hydrogen (secondary N) is 2. The van der Waals surface area contributed by atoms with Gasteiger partial charge in [0.2, 0.25) is 5.91 Å². The lowest BCUT2D eigenvalue weighted by atomic mass is 9.80. The number of hydrogen-bond acceptors (Lipinski definition) is 3. The molecule has 10 heteroatoms. The van der Waals surface area contributed by atoms with Crippen molar-refractivity contribution >= 4 is 29.1 Å². The number of carbonyl (C=O) groups is 3. The lowest BCUT2D eigenvalue weighted by molar-refractivity contribution is -0.151. The van der Waals surface area contributed by atoms with Crippen molar-refractivity contribution in [3.8, 4) is 0 Å². The van der Waals surface area contributed by atoms with E-state index in [1.54, 1.807) is 42.5 Å². The Hall–Kier alpha value is -4.65. The number of likely N-dealkylation sites (tertiary alicyclic amines) is 1. The smallest absolute Gasteiger partial charge is 0.302 e. The maximum Gasteiger partial charge on any atom is 0.302 e. The van der Waals surface area contributed by atoms with Crippen molar-refractivity contribution in [2.45, 2.75) is 30.1 Å². The van der Waals surface area contributed by atoms with Crippen LogP contribution >= 0.6 is 0 Å². The maximum absolute atomic E-state index is 16.8. The van der Waals surface area contributed by atoms with Crippen LogP contribution in [0.1, 0.15) is 17.5 Å². The Labute approximate surface area is 216 Å². The average molecular weight is 518 g/mol. The molecule has 1 unspecified atom stereocenters. The molecule has 2 aliphatic heterocycles. The predicted molar refractivity (Wildman–Crippen MR) is 132 cm³/mol. The van der Waals surface area contributed by atoms with E-state index >= 15 is 4.39 Å². The molecule has 3 aromatic carbocycles. The van der Waals surface area contributed by atoms with Gasteiger partial charge in [0.1, 0.15) is 17.0 Å². The summed E-state index contributed by atoms with van der Waals surface area (Å²) in [5.74, 6) is -5.18. The Morgan fingerprint density at radius 1 is 1.08 bits per heavy atom. The van der Waals surface area contributed by atoms with Gasteiger partial charge in [-0.15, -0.1) is 0 Å². The fourth-order valence-corrected chi connectivity index (χ4v) is 5.15. The van der Waals surface area contributed by atoms with Gasteiger partial charge in [0.25, 0.3) is 17.5 Å². The van der Waals surface area contributed by atoms with Crippen LogP contribution in [-0.4, -0.2) is 41.0 Å². The first-order valence-electron chi connectivity index (χ1n) is 11.8. The molecule has 0 aromatic heterocycles. The van der Waals surface area contributed by atoms with E-state index in [1.165, 1.54) is 12.1 Å². The van der Waals surface area contributed by atoms with Gasteiger partial charge in [0.05, 0.1) is 6.42 Å². The fourth-order valence-electron chi connectivity index (χ4n) is 5.15. The molecule has 3 atom stereocenters. The highest BCUT2D eigenvalue weighted by Crippen LogP contribution is 2.47. The number of hydrogen-bond donors (Lipinski definition) is 2. The van der Waals surface area contributed by atoms with Crippen LogP contribution in [0.15, 0.2) is 72.8 Å². The first-order valence-corrected chi connectivity index (χ1v) is 11.8. The second-order valence-corrected chi connectivity index (χ2v) is 9.40. The van der Waals surface area contributed by atoms with Gasteiger partial charge in [-0.2, -0.15) is 0 Å². The number of benzene rings is 3. The molecule has 38 heavy (non-hydrogen) atoms. The standard InChI is InChI=1S/C28H21F3N4O3/c1-32-23-15-27(21-9-5-6-10-22(21)34-24(27)36)16-35(23)26(38)28(31,14-17-7-3-2-4-8-17)25(37)33-20-12-18(29)11-19(30)13-20/h2-13,23H,14-16H2,(H,33,37)(H,34,36)/t23-,27-,28?/m0/s1. The van der Waals surface area contributed by atoms with Crippen molar-refractivity contribution in [1.29, 1.82) is 0 Å². The minimum atomic E-state index is -3.26. The second kappa shape index (κ2) is 9.34. The number of anilines is 2. The van der Waals surface area contributed by atoms with Crippen LogP contribution in [0.25, 0.3) is 4.85 Å². The van der Waals surface area contributed by atoms with Crippen LogP contribution in [0.4, 0.5) is 24.5 Å². The molecule has 3 amide bonds. The third kappa shape index (κ3) is 4.16. The highest BCUT2D eigenvalue weighted by molar-refractivity contribution is 6.14. The van der Waals surface area contributed by atoms with E-state index in [0.717, 1.165) is 17.0 Å². The molecular formula is C28H21F3N4O3. The summed E-state index contributed by atoms with van der Waals surface area (Å²) in [4.78, 5) is 44.6. The summed E-state index contributed by atoms with van der Waals surface area (Å²) in [7, 11) is 0. The molecule has 0 radical (unpaired) electrons. The monoisotopic (exact) mass is 518 g/mol. The summed E-state index contributed by atoms with van der Waals surface area (Å²) in [6.45, 7) is 7.36. The molecule has 1 saturated heterocycles. The lowest BCUT2D eigenvalue weighted by Crippen LogP contribution is -2.56. The van der Waals surface area contributed by atoms with Gasteiger partial charge >= 0.3 is 6.17 Å². The molecular weight excluding hydrogens is 497 g/mol. The molecule has 192 valence electrons. The Kier molecular flexibility index (Phi) is 6.15. The maximum atomic E-state index is 16.8. The van der Waals surface area contributed by atoms with Crippen LogP contribution in [0.3, 0.4) is 0 Å². The Bertz CT molecular complexity index is 1470. The quantitative estimate of drug-likeness (QED) is 0.392. The predicted octanol–water partition coefficient (Wildman–Crippen LogP) is 4.22. The molecule has 0 saturated carbocycles. The van der Waals surface area contributed by atoms with Gasteiger partial charge in [-0.1, -0.05) is 48.5 Å². The van der Waals surface area contributed by atoms with Crippen LogP contribution in [0.2, 0.25) is 0 Å². The van der Waals surface area contributed by atoms with Crippen molar-refractivity contribution in [3.05, 3.63) is 107 Å². The van der Waals surface area contributed by atoms with Crippen LogP contribution in [0.5, 0.6) is 0 Å². The number of nitrogens with zero attached hydrogens (tertiary/aromatic N) is 2. The van der Waals surface area contributed by atoms with E-state index in [1.807, 2.05) is 0 Å². The topological polar surface area (TPSA) is 82.9 Å². The largest absolute Gasteiger partial charge is 0.325 e. The van der Waals surface area contributed by atoms with Crippen molar-refractivity contribution < 1.29 is 27.6 Å². The number of para-hydroxylation sites is 1. The molecule has 1 fully saturated rings. The Morgan fingerprint density at radius 3 is 2.42 bits per heavy atom. The Morgan fingerprint density at radius 2 is 1.74 bits per heavy atom.